The van der Waals surface area contributed by atoms with E-state index in [2.05, 4.69) is 4.98 Å². The Morgan fingerprint density at radius 1 is 1.05 bits per heavy atom. The summed E-state index contributed by atoms with van der Waals surface area (Å²) in [5.41, 5.74) is 3.43. The summed E-state index contributed by atoms with van der Waals surface area (Å²) in [6.45, 7) is 4.00. The highest BCUT2D eigenvalue weighted by atomic mass is 16.2. The zero-order valence-corrected chi connectivity index (χ0v) is 11.0. The average molecular weight is 258 g/mol. The molecule has 0 atom stereocenters. The van der Waals surface area contributed by atoms with Gasteiger partial charge in [0, 0.05) is 30.4 Å². The number of fused-ring (bicyclic) bond motifs is 2. The maximum Gasteiger partial charge on any atom is 0.328 e. The molecule has 5 heteroatoms. The van der Waals surface area contributed by atoms with E-state index in [0.717, 1.165) is 16.7 Å². The molecule has 0 spiro atoms. The lowest BCUT2D eigenvalue weighted by Crippen LogP contribution is -2.26. The number of aromatic amines is 1. The summed E-state index contributed by atoms with van der Waals surface area (Å²) in [4.78, 5) is 34.0. The van der Waals surface area contributed by atoms with Crippen molar-refractivity contribution >= 4 is 5.78 Å². The van der Waals surface area contributed by atoms with Crippen LogP contribution in [0.5, 0.6) is 0 Å². The summed E-state index contributed by atoms with van der Waals surface area (Å²) in [5.74, 6) is 0.225. The van der Waals surface area contributed by atoms with E-state index in [1.54, 1.807) is 7.05 Å². The first kappa shape index (κ1) is 13.0. The molecule has 1 N–H and O–H groups in total. The first-order chi connectivity index (χ1) is 8.90. The molecule has 0 aliphatic heterocycles. The lowest BCUT2D eigenvalue weighted by molar-refractivity contribution is 0.102. The van der Waals surface area contributed by atoms with Gasteiger partial charge in [0.1, 0.15) is 0 Å². The number of ketones is 1. The quantitative estimate of drug-likeness (QED) is 0.651. The van der Waals surface area contributed by atoms with E-state index in [0.29, 0.717) is 0 Å². The minimum Gasteiger partial charge on any atom is -0.304 e. The highest BCUT2D eigenvalue weighted by Gasteiger charge is 2.25. The normalized spacial score (nSPS) is 11.4. The van der Waals surface area contributed by atoms with Gasteiger partial charge < -0.3 is 4.57 Å². The zero-order valence-electron chi connectivity index (χ0n) is 11.0. The SMILES string of the molecule is Cc1cc2c(C)c(c1)C2=O.Cn1ccc(=O)[nH]c1=O. The minimum absolute atomic E-state index is 0.225. The van der Waals surface area contributed by atoms with E-state index in [-0.39, 0.29) is 17.0 Å². The second kappa shape index (κ2) is 4.68. The summed E-state index contributed by atoms with van der Waals surface area (Å²) in [7, 11) is 1.57. The Bertz CT molecular complexity index is 742. The molecule has 1 heterocycles. The van der Waals surface area contributed by atoms with Crippen LogP contribution in [0, 0.1) is 13.8 Å². The molecule has 98 valence electrons. The van der Waals surface area contributed by atoms with Gasteiger partial charge in [-0.15, -0.1) is 0 Å². The number of nitrogens with one attached hydrogen (secondary N) is 1. The third-order valence-electron chi connectivity index (χ3n) is 3.04. The van der Waals surface area contributed by atoms with Crippen LogP contribution in [-0.4, -0.2) is 15.3 Å². The van der Waals surface area contributed by atoms with E-state index in [9.17, 15) is 14.4 Å². The van der Waals surface area contributed by atoms with Crippen molar-refractivity contribution in [2.45, 2.75) is 13.8 Å². The molecule has 0 saturated heterocycles. The molecule has 1 aromatic carbocycles. The first-order valence-corrected chi connectivity index (χ1v) is 5.82. The number of hydrogen-bond donors (Lipinski definition) is 1. The number of H-pyrrole nitrogens is 1. The number of benzene rings is 1. The number of nitrogens with zero attached hydrogens (tertiary/aromatic N) is 1. The number of aryl methyl sites for hydroxylation is 3. The molecule has 19 heavy (non-hydrogen) atoms. The van der Waals surface area contributed by atoms with Crippen LogP contribution in [0.2, 0.25) is 0 Å². The number of carbonyl (C=O) groups is 1. The van der Waals surface area contributed by atoms with Crippen molar-refractivity contribution in [2.75, 3.05) is 0 Å². The van der Waals surface area contributed by atoms with Gasteiger partial charge in [-0.2, -0.15) is 0 Å². The highest BCUT2D eigenvalue weighted by Crippen LogP contribution is 2.29. The third kappa shape index (κ3) is 2.40. The number of rotatable bonds is 0. The molecular formula is C14H14N2O3. The van der Waals surface area contributed by atoms with Crippen LogP contribution in [0.4, 0.5) is 0 Å². The maximum atomic E-state index is 11.0. The lowest BCUT2D eigenvalue weighted by atomic mass is 9.82. The van der Waals surface area contributed by atoms with Crippen molar-refractivity contribution < 1.29 is 4.79 Å². The molecule has 0 fully saturated rings. The zero-order chi connectivity index (χ0) is 14.2. The summed E-state index contributed by atoms with van der Waals surface area (Å²) < 4.78 is 1.29. The van der Waals surface area contributed by atoms with Gasteiger partial charge in [-0.05, 0) is 37.1 Å². The van der Waals surface area contributed by atoms with Crippen molar-refractivity contribution in [1.29, 1.82) is 0 Å². The fourth-order valence-electron chi connectivity index (χ4n) is 1.90. The molecule has 0 radical (unpaired) electrons. The van der Waals surface area contributed by atoms with Crippen molar-refractivity contribution in [2.24, 2.45) is 7.05 Å². The molecule has 0 unspecified atom stereocenters. The Hall–Kier alpha value is -2.43. The van der Waals surface area contributed by atoms with Crippen LogP contribution in [0.3, 0.4) is 0 Å². The van der Waals surface area contributed by atoms with Crippen LogP contribution < -0.4 is 11.2 Å². The summed E-state index contributed by atoms with van der Waals surface area (Å²) in [5, 5.41) is 0. The largest absolute Gasteiger partial charge is 0.328 e. The summed E-state index contributed by atoms with van der Waals surface area (Å²) in [6, 6.07) is 5.19. The van der Waals surface area contributed by atoms with E-state index in [4.69, 9.17) is 0 Å². The van der Waals surface area contributed by atoms with Gasteiger partial charge in [-0.3, -0.25) is 14.6 Å². The minimum atomic E-state index is -0.387. The molecule has 1 aromatic heterocycles. The predicted molar refractivity (Wildman–Crippen MR) is 71.7 cm³/mol. The molecule has 0 saturated carbocycles. The first-order valence-electron chi connectivity index (χ1n) is 5.82. The van der Waals surface area contributed by atoms with Crippen molar-refractivity contribution in [3.8, 4) is 0 Å². The molecule has 2 aliphatic rings. The van der Waals surface area contributed by atoms with Crippen molar-refractivity contribution in [3.63, 3.8) is 0 Å². The fraction of sp³-hybridized carbons (Fsp3) is 0.214. The maximum absolute atomic E-state index is 11.0. The monoisotopic (exact) mass is 258 g/mol. The van der Waals surface area contributed by atoms with Crippen LogP contribution in [0.15, 0.2) is 34.0 Å². The standard InChI is InChI=1S/C9H8O.C5H6N2O2/c1-5-3-7-6(2)8(4-5)9(7)10;1-7-3-2-4(8)6-5(7)9/h3-4H,1-2H3;2-3H,1H3,(H,6,8,9). The third-order valence-corrected chi connectivity index (χ3v) is 3.04. The van der Waals surface area contributed by atoms with E-state index in [1.807, 2.05) is 26.0 Å². The second-order valence-corrected chi connectivity index (χ2v) is 4.54. The van der Waals surface area contributed by atoms with Gasteiger partial charge in [0.15, 0.2) is 5.78 Å². The van der Waals surface area contributed by atoms with Crippen LogP contribution in [0.1, 0.15) is 27.0 Å². The number of carbonyl (C=O) groups excluding carboxylic acids is 1. The number of hydrogen-bond acceptors (Lipinski definition) is 3. The van der Waals surface area contributed by atoms with Gasteiger partial charge in [0.2, 0.25) is 0 Å². The Morgan fingerprint density at radius 2 is 1.63 bits per heavy atom. The van der Waals surface area contributed by atoms with Gasteiger partial charge in [0.25, 0.3) is 5.56 Å². The predicted octanol–water partition coefficient (Wildman–Crippen LogP) is 0.921. The number of aromatic nitrogens is 2. The van der Waals surface area contributed by atoms with Crippen LogP contribution >= 0.6 is 0 Å². The Kier molecular flexibility index (Phi) is 3.21. The molecule has 4 rings (SSSR count). The van der Waals surface area contributed by atoms with E-state index < -0.39 is 0 Å². The van der Waals surface area contributed by atoms with Crippen LogP contribution in [0.25, 0.3) is 0 Å². The van der Waals surface area contributed by atoms with Crippen molar-refractivity contribution in [1.82, 2.24) is 9.55 Å². The van der Waals surface area contributed by atoms with Crippen molar-refractivity contribution in [3.05, 3.63) is 67.5 Å². The highest BCUT2D eigenvalue weighted by molar-refractivity contribution is 6.19. The second-order valence-electron chi connectivity index (χ2n) is 4.54. The topological polar surface area (TPSA) is 71.9 Å². The van der Waals surface area contributed by atoms with Gasteiger partial charge in [-0.1, -0.05) is 0 Å². The fourth-order valence-corrected chi connectivity index (χ4v) is 1.90. The lowest BCUT2D eigenvalue weighted by Gasteiger charge is -2.19. The molecular weight excluding hydrogens is 244 g/mol. The summed E-state index contributed by atoms with van der Waals surface area (Å²) in [6.07, 6.45) is 1.42. The van der Waals surface area contributed by atoms with E-state index in [1.165, 1.54) is 22.4 Å². The Morgan fingerprint density at radius 3 is 2.00 bits per heavy atom. The smallest absolute Gasteiger partial charge is 0.304 e. The molecule has 2 aromatic rings. The summed E-state index contributed by atoms with van der Waals surface area (Å²) >= 11 is 0. The van der Waals surface area contributed by atoms with Crippen LogP contribution in [-0.2, 0) is 7.05 Å². The molecule has 2 aliphatic carbocycles. The average Bonchev–Trinajstić information content (AvgIpc) is 2.38. The Balaban J connectivity index is 0.000000141. The van der Waals surface area contributed by atoms with E-state index >= 15 is 0 Å². The molecule has 5 nitrogen and oxygen atoms in total. The molecule has 0 amide bonds. The van der Waals surface area contributed by atoms with Gasteiger partial charge in [-0.25, -0.2) is 4.79 Å². The van der Waals surface area contributed by atoms with Gasteiger partial charge in [0.05, 0.1) is 0 Å². The Labute approximate surface area is 109 Å². The van der Waals surface area contributed by atoms with Gasteiger partial charge >= 0.3 is 5.69 Å². The molecule has 2 bridgehead atoms.